The van der Waals surface area contributed by atoms with Crippen LogP contribution >= 0.6 is 0 Å². The van der Waals surface area contributed by atoms with Gasteiger partial charge in [-0.3, -0.25) is 0 Å². The molecule has 0 amide bonds. The molecule has 4 aromatic rings. The van der Waals surface area contributed by atoms with Gasteiger partial charge in [0.25, 0.3) is 0 Å². The molecule has 2 aromatic heterocycles. The van der Waals surface area contributed by atoms with Crippen molar-refractivity contribution in [1.82, 2.24) is 9.97 Å². The first-order valence-electron chi connectivity index (χ1n) is 10.2. The lowest BCUT2D eigenvalue weighted by Crippen LogP contribution is -1.98. The van der Waals surface area contributed by atoms with Gasteiger partial charge in [0.2, 0.25) is 0 Å². The van der Waals surface area contributed by atoms with E-state index >= 15 is 0 Å². The topological polar surface area (TPSA) is 63.9 Å². The fourth-order valence-electron chi connectivity index (χ4n) is 3.63. The molecule has 0 radical (unpaired) electrons. The zero-order valence-corrected chi connectivity index (χ0v) is 16.8. The van der Waals surface area contributed by atoms with E-state index < -0.39 is 0 Å². The maximum Gasteiger partial charge on any atom is 0.138 e. The monoisotopic (exact) mass is 385 g/mol. The molecule has 0 fully saturated rings. The van der Waals surface area contributed by atoms with Crippen molar-refractivity contribution in [3.8, 4) is 5.75 Å². The number of nitrogens with one attached hydrogen (secondary N) is 1. The van der Waals surface area contributed by atoms with Gasteiger partial charge >= 0.3 is 0 Å². The van der Waals surface area contributed by atoms with Gasteiger partial charge < -0.3 is 15.5 Å². The van der Waals surface area contributed by atoms with Gasteiger partial charge in [0.15, 0.2) is 0 Å². The van der Waals surface area contributed by atoms with Crippen molar-refractivity contribution in [1.29, 1.82) is 0 Å². The van der Waals surface area contributed by atoms with Gasteiger partial charge in [-0.1, -0.05) is 36.8 Å². The third-order valence-corrected chi connectivity index (χ3v) is 5.28. The molecule has 3 N–H and O–H groups in total. The molecule has 0 aliphatic rings. The van der Waals surface area contributed by atoms with E-state index in [1.807, 2.05) is 18.3 Å². The molecular weight excluding hydrogens is 358 g/mol. The fourth-order valence-corrected chi connectivity index (χ4v) is 3.63. The Morgan fingerprint density at radius 3 is 2.52 bits per heavy atom. The summed E-state index contributed by atoms with van der Waals surface area (Å²) in [5.41, 5.74) is 11.3. The predicted octanol–water partition coefficient (Wildman–Crippen LogP) is 5.57. The van der Waals surface area contributed by atoms with Crippen LogP contribution < -0.4 is 10.5 Å². The highest BCUT2D eigenvalue weighted by Crippen LogP contribution is 2.27. The number of ether oxygens (including phenoxy) is 1. The summed E-state index contributed by atoms with van der Waals surface area (Å²) in [5.74, 6) is 0.869. The molecule has 0 saturated carbocycles. The summed E-state index contributed by atoms with van der Waals surface area (Å²) in [4.78, 5) is 8.08. The third kappa shape index (κ3) is 4.49. The Hall–Kier alpha value is -3.11. The maximum absolute atomic E-state index is 5.59. The summed E-state index contributed by atoms with van der Waals surface area (Å²) < 4.78 is 5.22. The molecule has 0 bridgehead atoms. The number of aromatic amines is 1. The summed E-state index contributed by atoms with van der Waals surface area (Å²) in [6.45, 7) is 0.770. The van der Waals surface area contributed by atoms with E-state index in [0.717, 1.165) is 48.3 Å². The van der Waals surface area contributed by atoms with Crippen LogP contribution in [-0.2, 0) is 6.42 Å². The summed E-state index contributed by atoms with van der Waals surface area (Å²) in [6.07, 6.45) is 10.7. The van der Waals surface area contributed by atoms with Crippen molar-refractivity contribution >= 4 is 34.1 Å². The lowest BCUT2D eigenvalue weighted by Gasteiger charge is -2.02. The first-order valence-corrected chi connectivity index (χ1v) is 10.2. The quantitative estimate of drug-likeness (QED) is 0.308. The minimum absolute atomic E-state index is 0.770. The van der Waals surface area contributed by atoms with Crippen molar-refractivity contribution in [3.05, 3.63) is 71.4 Å². The van der Waals surface area contributed by atoms with Gasteiger partial charge in [-0.25, -0.2) is 4.98 Å². The van der Waals surface area contributed by atoms with Crippen molar-refractivity contribution in [2.24, 2.45) is 5.73 Å². The molecule has 0 aliphatic heterocycles. The van der Waals surface area contributed by atoms with E-state index in [2.05, 4.69) is 58.5 Å². The van der Waals surface area contributed by atoms with E-state index in [0.29, 0.717) is 0 Å². The molecule has 0 saturated heterocycles. The molecule has 2 aromatic carbocycles. The number of H-pyrrole nitrogens is 1. The Morgan fingerprint density at radius 1 is 0.931 bits per heavy atom. The lowest BCUT2D eigenvalue weighted by atomic mass is 10.1. The van der Waals surface area contributed by atoms with E-state index in [-0.39, 0.29) is 0 Å². The Bertz CT molecular complexity index is 1130. The van der Waals surface area contributed by atoms with E-state index in [1.54, 1.807) is 7.11 Å². The summed E-state index contributed by atoms with van der Waals surface area (Å²) >= 11 is 0. The first kappa shape index (κ1) is 19.2. The van der Waals surface area contributed by atoms with E-state index in [1.165, 1.54) is 28.3 Å². The number of methoxy groups -OCH3 is 1. The number of hydrogen-bond acceptors (Lipinski definition) is 3. The normalized spacial score (nSPS) is 11.7. The number of hydrogen-bond donors (Lipinski definition) is 2. The Labute approximate surface area is 171 Å². The van der Waals surface area contributed by atoms with Crippen molar-refractivity contribution < 1.29 is 4.74 Å². The Kier molecular flexibility index (Phi) is 5.92. The second kappa shape index (κ2) is 8.93. The molecule has 0 aliphatic carbocycles. The maximum atomic E-state index is 5.59. The van der Waals surface area contributed by atoms with Crippen LogP contribution in [0.25, 0.3) is 34.1 Å². The van der Waals surface area contributed by atoms with Crippen molar-refractivity contribution in [2.45, 2.75) is 25.7 Å². The van der Waals surface area contributed by atoms with Gasteiger partial charge in [-0.05, 0) is 72.8 Å². The summed E-state index contributed by atoms with van der Waals surface area (Å²) in [6, 6.07) is 16.8. The highest BCUT2D eigenvalue weighted by atomic mass is 16.5. The van der Waals surface area contributed by atoms with Crippen LogP contribution in [0.15, 0.2) is 54.7 Å². The number of nitrogens with zero attached hydrogens (tertiary/aromatic N) is 1. The Morgan fingerprint density at radius 2 is 1.72 bits per heavy atom. The zero-order chi connectivity index (χ0) is 20.1. The number of unbranched alkanes of at least 4 members (excludes halogenated alkanes) is 2. The standard InChI is InChI=1S/C25H27N3O/c1-29-21-11-8-18(9-12-21)6-7-19-10-13-24-22(15-19)23-16-20(5-3-2-4-14-26)17-27-25(23)28-24/h6-13,15-17H,2-5,14,26H2,1H3,(H,27,28). The van der Waals surface area contributed by atoms with Crippen molar-refractivity contribution in [2.75, 3.05) is 13.7 Å². The molecule has 2 heterocycles. The lowest BCUT2D eigenvalue weighted by molar-refractivity contribution is 0.415. The number of nitrogens with two attached hydrogens (primary N) is 1. The minimum Gasteiger partial charge on any atom is -0.497 e. The SMILES string of the molecule is COc1ccc(C=Cc2ccc3[nH]c4ncc(CCCCCN)cc4c3c2)cc1. The second-order valence-corrected chi connectivity index (χ2v) is 7.38. The fraction of sp³-hybridized carbons (Fsp3) is 0.240. The van der Waals surface area contributed by atoms with Gasteiger partial charge in [0.05, 0.1) is 7.11 Å². The van der Waals surface area contributed by atoms with Crippen LogP contribution in [0.3, 0.4) is 0 Å². The molecule has 148 valence electrons. The smallest absolute Gasteiger partial charge is 0.138 e. The second-order valence-electron chi connectivity index (χ2n) is 7.38. The molecule has 0 unspecified atom stereocenters. The number of rotatable bonds is 8. The highest BCUT2D eigenvalue weighted by molar-refractivity contribution is 6.06. The van der Waals surface area contributed by atoms with Gasteiger partial charge in [-0.2, -0.15) is 0 Å². The van der Waals surface area contributed by atoms with Crippen LogP contribution in [0, 0.1) is 0 Å². The van der Waals surface area contributed by atoms with Gasteiger partial charge in [-0.15, -0.1) is 0 Å². The Balaban J connectivity index is 1.59. The van der Waals surface area contributed by atoms with E-state index in [4.69, 9.17) is 10.5 Å². The van der Waals surface area contributed by atoms with Crippen LogP contribution in [0.2, 0.25) is 0 Å². The first-order chi connectivity index (χ1) is 14.3. The largest absolute Gasteiger partial charge is 0.497 e. The number of pyridine rings is 1. The van der Waals surface area contributed by atoms with Crippen molar-refractivity contribution in [3.63, 3.8) is 0 Å². The molecular formula is C25H27N3O. The van der Waals surface area contributed by atoms with Gasteiger partial charge in [0, 0.05) is 22.5 Å². The van der Waals surface area contributed by atoms with E-state index in [9.17, 15) is 0 Å². The highest BCUT2D eigenvalue weighted by Gasteiger charge is 2.07. The van der Waals surface area contributed by atoms with Crippen LogP contribution in [-0.4, -0.2) is 23.6 Å². The number of fused-ring (bicyclic) bond motifs is 3. The summed E-state index contributed by atoms with van der Waals surface area (Å²) in [7, 11) is 1.68. The van der Waals surface area contributed by atoms with Crippen LogP contribution in [0.1, 0.15) is 36.0 Å². The molecule has 4 nitrogen and oxygen atoms in total. The molecule has 4 rings (SSSR count). The molecule has 0 spiro atoms. The average molecular weight is 386 g/mol. The van der Waals surface area contributed by atoms with Crippen LogP contribution in [0.4, 0.5) is 0 Å². The minimum atomic E-state index is 0.770. The average Bonchev–Trinajstić information content (AvgIpc) is 3.13. The molecule has 0 atom stereocenters. The van der Waals surface area contributed by atoms with Gasteiger partial charge in [0.1, 0.15) is 11.4 Å². The number of aromatic nitrogens is 2. The predicted molar refractivity (Wildman–Crippen MR) is 122 cm³/mol. The third-order valence-electron chi connectivity index (χ3n) is 5.28. The molecule has 29 heavy (non-hydrogen) atoms. The van der Waals surface area contributed by atoms with Crippen LogP contribution in [0.5, 0.6) is 5.75 Å². The molecule has 4 heteroatoms. The number of benzene rings is 2. The zero-order valence-electron chi connectivity index (χ0n) is 16.8. The number of aryl methyl sites for hydroxylation is 1. The summed E-state index contributed by atoms with van der Waals surface area (Å²) in [5, 5.41) is 2.41.